The summed E-state index contributed by atoms with van der Waals surface area (Å²) in [6.07, 6.45) is 4.38. The number of aryl methyl sites for hydroxylation is 1. The first-order valence-corrected chi connectivity index (χ1v) is 8.13. The Balaban J connectivity index is 1.86. The normalized spacial score (nSPS) is 12.8. The summed E-state index contributed by atoms with van der Waals surface area (Å²) in [4.78, 5) is 9.12. The molecule has 0 spiro atoms. The first-order valence-electron chi connectivity index (χ1n) is 8.13. The molecule has 1 heterocycles. The lowest BCUT2D eigenvalue weighted by atomic mass is 10.1. The lowest BCUT2D eigenvalue weighted by Crippen LogP contribution is -2.08. The zero-order valence-electron chi connectivity index (χ0n) is 14.3. The standard InChI is InChI=1S/C20H21N5/c1-13-4-3-5-15(8-13)14(2)24-20-12-23-19-9-16(17(10-21)11-22)6-7-18(19)25-20/h3-12,14,21H,22H2,1-2H3,(H,24,25)/b17-11+,21-10?/t14-/m1/s1. The third-order valence-electron chi connectivity index (χ3n) is 4.12. The fraction of sp³-hybridized carbons (Fsp3) is 0.150. The molecule has 0 unspecified atom stereocenters. The van der Waals surface area contributed by atoms with Crippen molar-refractivity contribution in [2.24, 2.45) is 5.73 Å². The number of hydrogen-bond donors (Lipinski definition) is 3. The summed E-state index contributed by atoms with van der Waals surface area (Å²) in [6, 6.07) is 14.2. The molecule has 0 aliphatic heterocycles. The number of rotatable bonds is 5. The van der Waals surface area contributed by atoms with Gasteiger partial charge in [-0.05, 0) is 37.1 Å². The topological polar surface area (TPSA) is 87.7 Å². The van der Waals surface area contributed by atoms with Crippen molar-refractivity contribution < 1.29 is 0 Å². The minimum Gasteiger partial charge on any atom is -0.404 e. The smallest absolute Gasteiger partial charge is 0.145 e. The van der Waals surface area contributed by atoms with Gasteiger partial charge in [0.15, 0.2) is 0 Å². The summed E-state index contributed by atoms with van der Waals surface area (Å²) in [6.45, 7) is 4.19. The molecule has 5 nitrogen and oxygen atoms in total. The Bertz CT molecular complexity index is 946. The van der Waals surface area contributed by atoms with Crippen LogP contribution in [-0.4, -0.2) is 16.2 Å². The summed E-state index contributed by atoms with van der Waals surface area (Å²) in [5.74, 6) is 0.732. The minimum atomic E-state index is 0.135. The highest BCUT2D eigenvalue weighted by molar-refractivity contribution is 6.08. The molecule has 0 amide bonds. The predicted octanol–water partition coefficient (Wildman–Crippen LogP) is 4.06. The molecule has 0 fully saturated rings. The SMILES string of the molecule is Cc1cccc([C@@H](C)Nc2cnc3cc(/C(C=N)=C/N)ccc3n2)c1. The zero-order valence-corrected chi connectivity index (χ0v) is 14.3. The number of nitrogens with one attached hydrogen (secondary N) is 2. The second-order valence-electron chi connectivity index (χ2n) is 6.01. The number of fused-ring (bicyclic) bond motifs is 1. The summed E-state index contributed by atoms with van der Waals surface area (Å²) in [5, 5.41) is 10.8. The molecule has 126 valence electrons. The van der Waals surface area contributed by atoms with E-state index in [1.165, 1.54) is 23.5 Å². The Kier molecular flexibility index (Phi) is 4.75. The highest BCUT2D eigenvalue weighted by Gasteiger charge is 2.08. The lowest BCUT2D eigenvalue weighted by molar-refractivity contribution is 0.872. The van der Waals surface area contributed by atoms with Crippen LogP contribution in [0.1, 0.15) is 29.7 Å². The van der Waals surface area contributed by atoms with Crippen LogP contribution in [-0.2, 0) is 0 Å². The van der Waals surface area contributed by atoms with Crippen LogP contribution < -0.4 is 11.1 Å². The van der Waals surface area contributed by atoms with E-state index in [0.29, 0.717) is 5.57 Å². The summed E-state index contributed by atoms with van der Waals surface area (Å²) in [5.41, 5.74) is 11.1. The van der Waals surface area contributed by atoms with E-state index < -0.39 is 0 Å². The van der Waals surface area contributed by atoms with E-state index in [1.54, 1.807) is 6.20 Å². The average molecular weight is 331 g/mol. The maximum Gasteiger partial charge on any atom is 0.145 e. The van der Waals surface area contributed by atoms with Crippen molar-refractivity contribution in [3.8, 4) is 0 Å². The van der Waals surface area contributed by atoms with E-state index >= 15 is 0 Å². The van der Waals surface area contributed by atoms with Crippen LogP contribution in [0, 0.1) is 12.3 Å². The quantitative estimate of drug-likeness (QED) is 0.615. The number of aromatic nitrogens is 2. The fourth-order valence-electron chi connectivity index (χ4n) is 2.73. The van der Waals surface area contributed by atoms with Gasteiger partial charge in [0.05, 0.1) is 23.3 Å². The van der Waals surface area contributed by atoms with Gasteiger partial charge >= 0.3 is 0 Å². The molecule has 0 saturated carbocycles. The Morgan fingerprint density at radius 3 is 2.76 bits per heavy atom. The Morgan fingerprint density at radius 2 is 2.04 bits per heavy atom. The molecule has 2 aromatic carbocycles. The van der Waals surface area contributed by atoms with Crippen LogP contribution in [0.4, 0.5) is 5.82 Å². The summed E-state index contributed by atoms with van der Waals surface area (Å²) >= 11 is 0. The van der Waals surface area contributed by atoms with Crippen molar-refractivity contribution >= 4 is 28.6 Å². The largest absolute Gasteiger partial charge is 0.404 e. The number of hydrogen-bond acceptors (Lipinski definition) is 5. The fourth-order valence-corrected chi connectivity index (χ4v) is 2.73. The van der Waals surface area contributed by atoms with E-state index in [4.69, 9.17) is 11.1 Å². The molecular formula is C20H21N5. The van der Waals surface area contributed by atoms with Crippen LogP contribution in [0.25, 0.3) is 16.6 Å². The van der Waals surface area contributed by atoms with Gasteiger partial charge in [-0.2, -0.15) is 0 Å². The predicted molar refractivity (Wildman–Crippen MR) is 104 cm³/mol. The summed E-state index contributed by atoms with van der Waals surface area (Å²) in [7, 11) is 0. The van der Waals surface area contributed by atoms with E-state index in [9.17, 15) is 0 Å². The molecule has 3 aromatic rings. The Hall–Kier alpha value is -3.21. The number of anilines is 1. The molecular weight excluding hydrogens is 310 g/mol. The van der Waals surface area contributed by atoms with Crippen LogP contribution in [0.15, 0.2) is 54.9 Å². The maximum atomic E-state index is 7.39. The van der Waals surface area contributed by atoms with Crippen molar-refractivity contribution in [1.82, 2.24) is 9.97 Å². The van der Waals surface area contributed by atoms with Gasteiger partial charge in [-0.3, -0.25) is 4.98 Å². The van der Waals surface area contributed by atoms with Crippen molar-refractivity contribution in [1.29, 1.82) is 5.41 Å². The molecule has 0 aliphatic rings. The van der Waals surface area contributed by atoms with Gasteiger partial charge in [-0.15, -0.1) is 0 Å². The molecule has 0 saturated heterocycles. The first kappa shape index (κ1) is 16.6. The van der Waals surface area contributed by atoms with Crippen molar-refractivity contribution in [3.05, 3.63) is 71.6 Å². The molecule has 1 atom stereocenters. The molecule has 0 bridgehead atoms. The average Bonchev–Trinajstić information content (AvgIpc) is 2.62. The first-order chi connectivity index (χ1) is 12.1. The van der Waals surface area contributed by atoms with E-state index in [1.807, 2.05) is 18.2 Å². The van der Waals surface area contributed by atoms with Crippen LogP contribution >= 0.6 is 0 Å². The molecule has 1 aromatic heterocycles. The van der Waals surface area contributed by atoms with Crippen molar-refractivity contribution in [2.45, 2.75) is 19.9 Å². The van der Waals surface area contributed by atoms with Gasteiger partial charge in [0.25, 0.3) is 0 Å². The van der Waals surface area contributed by atoms with E-state index in [-0.39, 0.29) is 6.04 Å². The van der Waals surface area contributed by atoms with Crippen LogP contribution in [0.3, 0.4) is 0 Å². The van der Waals surface area contributed by atoms with Gasteiger partial charge in [0, 0.05) is 18.0 Å². The number of benzene rings is 2. The van der Waals surface area contributed by atoms with Crippen LogP contribution in [0.2, 0.25) is 0 Å². The molecule has 25 heavy (non-hydrogen) atoms. The van der Waals surface area contributed by atoms with Crippen LogP contribution in [0.5, 0.6) is 0 Å². The van der Waals surface area contributed by atoms with Gasteiger partial charge in [0.1, 0.15) is 5.82 Å². The Morgan fingerprint density at radius 1 is 1.20 bits per heavy atom. The van der Waals surface area contributed by atoms with Gasteiger partial charge < -0.3 is 16.5 Å². The summed E-state index contributed by atoms with van der Waals surface area (Å²) < 4.78 is 0. The third-order valence-corrected chi connectivity index (χ3v) is 4.12. The highest BCUT2D eigenvalue weighted by atomic mass is 15.0. The second kappa shape index (κ2) is 7.13. The van der Waals surface area contributed by atoms with Crippen molar-refractivity contribution in [2.75, 3.05) is 5.32 Å². The third kappa shape index (κ3) is 3.66. The lowest BCUT2D eigenvalue weighted by Gasteiger charge is -2.15. The molecule has 3 rings (SSSR count). The minimum absolute atomic E-state index is 0.135. The number of nitrogens with two attached hydrogens (primary N) is 1. The monoisotopic (exact) mass is 331 g/mol. The van der Waals surface area contributed by atoms with E-state index in [2.05, 4.69) is 53.4 Å². The molecule has 0 radical (unpaired) electrons. The number of nitrogens with zero attached hydrogens (tertiary/aromatic N) is 2. The molecule has 4 N–H and O–H groups in total. The highest BCUT2D eigenvalue weighted by Crippen LogP contribution is 2.22. The van der Waals surface area contributed by atoms with Crippen molar-refractivity contribution in [3.63, 3.8) is 0 Å². The zero-order chi connectivity index (χ0) is 17.8. The van der Waals surface area contributed by atoms with E-state index in [0.717, 1.165) is 22.4 Å². The second-order valence-corrected chi connectivity index (χ2v) is 6.01. The number of allylic oxidation sites excluding steroid dienone is 1. The van der Waals surface area contributed by atoms with Gasteiger partial charge in [-0.1, -0.05) is 35.9 Å². The van der Waals surface area contributed by atoms with Gasteiger partial charge in [0.2, 0.25) is 0 Å². The molecule has 5 heteroatoms. The Labute approximate surface area is 147 Å². The maximum absolute atomic E-state index is 7.39. The molecule has 0 aliphatic carbocycles. The van der Waals surface area contributed by atoms with Gasteiger partial charge in [-0.25, -0.2) is 4.98 Å².